The van der Waals surface area contributed by atoms with Gasteiger partial charge in [-0.1, -0.05) is 23.7 Å². The highest BCUT2D eigenvalue weighted by atomic mass is 35.5. The van der Waals surface area contributed by atoms with Crippen LogP contribution < -0.4 is 9.47 Å². The Balaban J connectivity index is 1.92. The van der Waals surface area contributed by atoms with E-state index in [1.165, 1.54) is 0 Å². The van der Waals surface area contributed by atoms with Crippen LogP contribution in [0, 0.1) is 0 Å². The Morgan fingerprint density at radius 3 is 2.60 bits per heavy atom. The summed E-state index contributed by atoms with van der Waals surface area (Å²) in [6, 6.07) is 12.4. The molecule has 0 fully saturated rings. The fraction of sp³-hybridized carbons (Fsp3) is 0.0625. The average Bonchev–Trinajstić information content (AvgIpc) is 2.76. The molecular weight excluding hydrogens is 276 g/mol. The lowest BCUT2D eigenvalue weighted by Gasteiger charge is -2.01. The zero-order chi connectivity index (χ0) is 14.1. The maximum Gasteiger partial charge on any atom is 0.232 e. The standard InChI is InChI=1S/C16H11ClO3/c1-19-12-5-2-10(3-6-12)8-15-16(18)13-9-11(17)4-7-14(13)20-15/h2-9H,1H3/b15-8+. The van der Waals surface area contributed by atoms with Crippen LogP contribution >= 0.6 is 11.6 Å². The molecule has 2 aromatic carbocycles. The molecule has 4 heteroatoms. The van der Waals surface area contributed by atoms with Gasteiger partial charge in [-0.15, -0.1) is 0 Å². The molecule has 1 aliphatic heterocycles. The van der Waals surface area contributed by atoms with Crippen molar-refractivity contribution in [2.75, 3.05) is 7.11 Å². The molecule has 0 amide bonds. The van der Waals surface area contributed by atoms with E-state index in [2.05, 4.69) is 0 Å². The van der Waals surface area contributed by atoms with Crippen LogP contribution in [0.3, 0.4) is 0 Å². The molecule has 0 aliphatic carbocycles. The SMILES string of the molecule is COc1ccc(/C=C2/Oc3ccc(Cl)cc3C2=O)cc1. The quantitative estimate of drug-likeness (QED) is 0.784. The summed E-state index contributed by atoms with van der Waals surface area (Å²) in [6.45, 7) is 0. The van der Waals surface area contributed by atoms with Crippen molar-refractivity contribution in [1.82, 2.24) is 0 Å². The molecule has 3 rings (SSSR count). The Bertz CT molecular complexity index is 702. The molecule has 20 heavy (non-hydrogen) atoms. The van der Waals surface area contributed by atoms with Crippen LogP contribution in [0.2, 0.25) is 5.02 Å². The number of rotatable bonds is 2. The van der Waals surface area contributed by atoms with Gasteiger partial charge in [0, 0.05) is 5.02 Å². The maximum absolute atomic E-state index is 12.2. The van der Waals surface area contributed by atoms with Crippen LogP contribution in [0.5, 0.6) is 11.5 Å². The summed E-state index contributed by atoms with van der Waals surface area (Å²) in [7, 11) is 1.61. The van der Waals surface area contributed by atoms with Crippen molar-refractivity contribution in [2.24, 2.45) is 0 Å². The number of ether oxygens (including phenoxy) is 2. The van der Waals surface area contributed by atoms with E-state index in [0.29, 0.717) is 22.1 Å². The van der Waals surface area contributed by atoms with Gasteiger partial charge in [-0.05, 0) is 42.0 Å². The molecule has 3 nitrogen and oxygen atoms in total. The molecule has 0 atom stereocenters. The molecular formula is C16H11ClO3. The van der Waals surface area contributed by atoms with Crippen LogP contribution in [0.15, 0.2) is 48.2 Å². The molecule has 0 aromatic heterocycles. The lowest BCUT2D eigenvalue weighted by Crippen LogP contribution is -1.98. The Labute approximate surface area is 121 Å². The van der Waals surface area contributed by atoms with Gasteiger partial charge in [0.15, 0.2) is 5.76 Å². The van der Waals surface area contributed by atoms with Crippen LogP contribution in [-0.4, -0.2) is 12.9 Å². The van der Waals surface area contributed by atoms with Crippen molar-refractivity contribution in [3.05, 3.63) is 64.4 Å². The first kappa shape index (κ1) is 12.8. The number of ketones is 1. The van der Waals surface area contributed by atoms with E-state index in [1.54, 1.807) is 31.4 Å². The second kappa shape index (κ2) is 5.02. The van der Waals surface area contributed by atoms with E-state index in [-0.39, 0.29) is 5.78 Å². The molecule has 0 N–H and O–H groups in total. The summed E-state index contributed by atoms with van der Waals surface area (Å²) < 4.78 is 10.6. The highest BCUT2D eigenvalue weighted by molar-refractivity contribution is 6.31. The highest BCUT2D eigenvalue weighted by Gasteiger charge is 2.27. The summed E-state index contributed by atoms with van der Waals surface area (Å²) in [5.74, 6) is 1.45. The van der Waals surface area contributed by atoms with Crippen molar-refractivity contribution in [2.45, 2.75) is 0 Å². The molecule has 2 aromatic rings. The van der Waals surface area contributed by atoms with Gasteiger partial charge >= 0.3 is 0 Å². The number of allylic oxidation sites excluding steroid dienone is 1. The van der Waals surface area contributed by atoms with Crippen LogP contribution in [-0.2, 0) is 0 Å². The third-order valence-electron chi connectivity index (χ3n) is 3.04. The molecule has 0 saturated heterocycles. The van der Waals surface area contributed by atoms with Gasteiger partial charge in [0.2, 0.25) is 5.78 Å². The van der Waals surface area contributed by atoms with Crippen LogP contribution in [0.4, 0.5) is 0 Å². The van der Waals surface area contributed by atoms with E-state index in [0.717, 1.165) is 11.3 Å². The second-order valence-electron chi connectivity index (χ2n) is 4.35. The van der Waals surface area contributed by atoms with Gasteiger partial charge in [-0.25, -0.2) is 0 Å². The van der Waals surface area contributed by atoms with Gasteiger partial charge in [-0.3, -0.25) is 4.79 Å². The van der Waals surface area contributed by atoms with Gasteiger partial charge in [0.25, 0.3) is 0 Å². The number of hydrogen-bond donors (Lipinski definition) is 0. The summed E-state index contributed by atoms with van der Waals surface area (Å²) in [6.07, 6.45) is 1.70. The minimum absolute atomic E-state index is 0.154. The number of hydrogen-bond acceptors (Lipinski definition) is 3. The first-order chi connectivity index (χ1) is 9.67. The topological polar surface area (TPSA) is 35.5 Å². The normalized spacial score (nSPS) is 15.1. The van der Waals surface area contributed by atoms with E-state index >= 15 is 0 Å². The summed E-state index contributed by atoms with van der Waals surface area (Å²) >= 11 is 5.89. The number of benzene rings is 2. The third-order valence-corrected chi connectivity index (χ3v) is 3.28. The Hall–Kier alpha value is -2.26. The fourth-order valence-electron chi connectivity index (χ4n) is 2.01. The molecule has 1 aliphatic rings. The van der Waals surface area contributed by atoms with Crippen LogP contribution in [0.1, 0.15) is 15.9 Å². The van der Waals surface area contributed by atoms with Crippen molar-refractivity contribution >= 4 is 23.5 Å². The minimum atomic E-state index is -0.154. The van der Waals surface area contributed by atoms with Crippen LogP contribution in [0.25, 0.3) is 6.08 Å². The summed E-state index contributed by atoms with van der Waals surface area (Å²) in [4.78, 5) is 12.2. The van der Waals surface area contributed by atoms with E-state index in [1.807, 2.05) is 24.3 Å². The zero-order valence-corrected chi connectivity index (χ0v) is 11.5. The van der Waals surface area contributed by atoms with Crippen molar-refractivity contribution in [3.8, 4) is 11.5 Å². The highest BCUT2D eigenvalue weighted by Crippen LogP contribution is 2.33. The average molecular weight is 287 g/mol. The van der Waals surface area contributed by atoms with Crippen molar-refractivity contribution < 1.29 is 14.3 Å². The lowest BCUT2D eigenvalue weighted by atomic mass is 10.1. The molecule has 0 saturated carbocycles. The van der Waals surface area contributed by atoms with Gasteiger partial charge in [0.05, 0.1) is 12.7 Å². The second-order valence-corrected chi connectivity index (χ2v) is 4.79. The number of methoxy groups -OCH3 is 1. The molecule has 1 heterocycles. The molecule has 0 radical (unpaired) electrons. The zero-order valence-electron chi connectivity index (χ0n) is 10.7. The molecule has 100 valence electrons. The van der Waals surface area contributed by atoms with Gasteiger partial charge in [-0.2, -0.15) is 0 Å². The van der Waals surface area contributed by atoms with Crippen molar-refractivity contribution in [3.63, 3.8) is 0 Å². The Morgan fingerprint density at radius 2 is 1.90 bits per heavy atom. The largest absolute Gasteiger partial charge is 0.497 e. The molecule has 0 unspecified atom stereocenters. The number of Topliss-reactive ketones (excluding diaryl/α,β-unsaturated/α-hetero) is 1. The molecule has 0 bridgehead atoms. The number of carbonyl (C=O) groups excluding carboxylic acids is 1. The first-order valence-corrected chi connectivity index (χ1v) is 6.43. The summed E-state index contributed by atoms with van der Waals surface area (Å²) in [5.41, 5.74) is 1.37. The fourth-order valence-corrected chi connectivity index (χ4v) is 2.18. The number of fused-ring (bicyclic) bond motifs is 1. The number of carbonyl (C=O) groups is 1. The first-order valence-electron chi connectivity index (χ1n) is 6.05. The van der Waals surface area contributed by atoms with Gasteiger partial charge < -0.3 is 9.47 Å². The minimum Gasteiger partial charge on any atom is -0.497 e. The van der Waals surface area contributed by atoms with E-state index in [4.69, 9.17) is 21.1 Å². The predicted octanol–water partition coefficient (Wildman–Crippen LogP) is 3.96. The predicted molar refractivity (Wildman–Crippen MR) is 77.4 cm³/mol. The van der Waals surface area contributed by atoms with E-state index < -0.39 is 0 Å². The van der Waals surface area contributed by atoms with Gasteiger partial charge in [0.1, 0.15) is 11.5 Å². The monoisotopic (exact) mass is 286 g/mol. The van der Waals surface area contributed by atoms with Crippen molar-refractivity contribution in [1.29, 1.82) is 0 Å². The Kier molecular flexibility index (Phi) is 3.20. The third kappa shape index (κ3) is 2.28. The maximum atomic E-state index is 12.2. The summed E-state index contributed by atoms with van der Waals surface area (Å²) in [5, 5.41) is 0.520. The molecule has 0 spiro atoms. The number of halogens is 1. The van der Waals surface area contributed by atoms with E-state index in [9.17, 15) is 4.79 Å². The smallest absolute Gasteiger partial charge is 0.232 e. The Morgan fingerprint density at radius 1 is 1.15 bits per heavy atom. The lowest BCUT2D eigenvalue weighted by molar-refractivity contribution is 0.101.